The van der Waals surface area contributed by atoms with Gasteiger partial charge in [0.15, 0.2) is 5.96 Å². The minimum absolute atomic E-state index is 0. The Kier molecular flexibility index (Phi) is 9.77. The van der Waals surface area contributed by atoms with Crippen LogP contribution in [0.2, 0.25) is 0 Å². The van der Waals surface area contributed by atoms with Crippen molar-refractivity contribution in [2.75, 3.05) is 33.9 Å². The average Bonchev–Trinajstić information content (AvgIpc) is 3.22. The maximum absolute atomic E-state index is 5.46. The summed E-state index contributed by atoms with van der Waals surface area (Å²) in [6, 6.07) is 10.5. The Labute approximate surface area is 185 Å². The Balaban J connectivity index is 0.00000280. The molecule has 0 saturated carbocycles. The summed E-state index contributed by atoms with van der Waals surface area (Å²) in [5.41, 5.74) is 2.54. The van der Waals surface area contributed by atoms with Gasteiger partial charge in [-0.15, -0.1) is 24.0 Å². The molecule has 1 fully saturated rings. The van der Waals surface area contributed by atoms with E-state index >= 15 is 0 Å². The molecule has 1 aliphatic rings. The van der Waals surface area contributed by atoms with Gasteiger partial charge >= 0.3 is 0 Å². The lowest BCUT2D eigenvalue weighted by atomic mass is 9.96. The minimum atomic E-state index is 0. The highest BCUT2D eigenvalue weighted by Gasteiger charge is 2.15. The van der Waals surface area contributed by atoms with Gasteiger partial charge in [-0.05, 0) is 42.4 Å². The van der Waals surface area contributed by atoms with E-state index in [0.717, 1.165) is 44.7 Å². The van der Waals surface area contributed by atoms with Gasteiger partial charge in [-0.2, -0.15) is 5.10 Å². The predicted molar refractivity (Wildman–Crippen MR) is 124 cm³/mol. The monoisotopic (exact) mass is 497 g/mol. The first-order valence-corrected chi connectivity index (χ1v) is 9.80. The van der Waals surface area contributed by atoms with Crippen LogP contribution in [-0.4, -0.2) is 54.5 Å². The number of rotatable bonds is 7. The van der Waals surface area contributed by atoms with Crippen LogP contribution in [0.3, 0.4) is 0 Å². The second-order valence-electron chi connectivity index (χ2n) is 7.14. The molecule has 1 aliphatic heterocycles. The van der Waals surface area contributed by atoms with E-state index in [1.807, 2.05) is 30.2 Å². The first-order valence-electron chi connectivity index (χ1n) is 9.80. The van der Waals surface area contributed by atoms with Gasteiger partial charge in [-0.3, -0.25) is 9.67 Å². The Hall–Kier alpha value is -1.61. The van der Waals surface area contributed by atoms with Gasteiger partial charge in [-0.25, -0.2) is 0 Å². The molecule has 0 radical (unpaired) electrons. The number of guanidine groups is 1. The van der Waals surface area contributed by atoms with E-state index in [1.54, 1.807) is 0 Å². The Morgan fingerprint density at radius 1 is 1.25 bits per heavy atom. The molecule has 0 bridgehead atoms. The number of nitrogens with one attached hydrogen (secondary N) is 1. The normalized spacial score (nSPS) is 15.1. The molecule has 3 rings (SSSR count). The fourth-order valence-corrected chi connectivity index (χ4v) is 3.53. The summed E-state index contributed by atoms with van der Waals surface area (Å²) in [5.74, 6) is 1.71. The molecule has 1 aromatic carbocycles. The number of benzene rings is 1. The minimum Gasteiger partial charge on any atom is -0.381 e. The summed E-state index contributed by atoms with van der Waals surface area (Å²) in [5, 5.41) is 7.83. The molecule has 0 spiro atoms. The Bertz CT molecular complexity index is 713. The van der Waals surface area contributed by atoms with Crippen molar-refractivity contribution in [3.8, 4) is 0 Å². The predicted octanol–water partition coefficient (Wildman–Crippen LogP) is 3.37. The first-order chi connectivity index (χ1) is 13.3. The van der Waals surface area contributed by atoms with Crippen LogP contribution in [0, 0.1) is 5.92 Å². The van der Waals surface area contributed by atoms with Crippen LogP contribution in [0.1, 0.15) is 30.4 Å². The average molecular weight is 497 g/mol. The molecule has 0 amide bonds. The lowest BCUT2D eigenvalue weighted by molar-refractivity contribution is 0.0625. The van der Waals surface area contributed by atoms with Crippen molar-refractivity contribution in [3.63, 3.8) is 0 Å². The number of hydrogen-bond donors (Lipinski definition) is 1. The van der Waals surface area contributed by atoms with Crippen molar-refractivity contribution >= 4 is 29.9 Å². The van der Waals surface area contributed by atoms with Crippen molar-refractivity contribution in [2.45, 2.75) is 32.4 Å². The van der Waals surface area contributed by atoms with Gasteiger partial charge in [-0.1, -0.05) is 24.3 Å². The Morgan fingerprint density at radius 2 is 2.00 bits per heavy atom. The molecular formula is C21H32IN5O. The highest BCUT2D eigenvalue weighted by Crippen LogP contribution is 2.18. The zero-order chi connectivity index (χ0) is 18.9. The van der Waals surface area contributed by atoms with Gasteiger partial charge in [0.2, 0.25) is 0 Å². The van der Waals surface area contributed by atoms with Gasteiger partial charge in [0.25, 0.3) is 0 Å². The number of nitrogens with zero attached hydrogens (tertiary/aromatic N) is 4. The van der Waals surface area contributed by atoms with Crippen LogP contribution < -0.4 is 5.32 Å². The summed E-state index contributed by atoms with van der Waals surface area (Å²) in [6.45, 7) is 4.37. The van der Waals surface area contributed by atoms with Crippen molar-refractivity contribution in [2.24, 2.45) is 10.9 Å². The van der Waals surface area contributed by atoms with Crippen LogP contribution in [-0.2, 0) is 17.8 Å². The molecule has 7 heteroatoms. The SMILES string of the molecule is CN=C(NCc1ccccc1Cn1cccn1)N(C)CCC1CCOCC1.I. The zero-order valence-electron chi connectivity index (χ0n) is 16.9. The van der Waals surface area contributed by atoms with Crippen molar-refractivity contribution in [1.82, 2.24) is 20.0 Å². The van der Waals surface area contributed by atoms with E-state index in [4.69, 9.17) is 4.74 Å². The van der Waals surface area contributed by atoms with Crippen LogP contribution in [0.4, 0.5) is 0 Å². The number of aromatic nitrogens is 2. The third-order valence-corrected chi connectivity index (χ3v) is 5.23. The quantitative estimate of drug-likeness (QED) is 0.362. The number of hydrogen-bond acceptors (Lipinski definition) is 3. The lowest BCUT2D eigenvalue weighted by Gasteiger charge is -2.27. The molecule has 0 unspecified atom stereocenters. The molecule has 28 heavy (non-hydrogen) atoms. The fraction of sp³-hybridized carbons (Fsp3) is 0.524. The van der Waals surface area contributed by atoms with Crippen molar-refractivity contribution in [1.29, 1.82) is 0 Å². The largest absolute Gasteiger partial charge is 0.381 e. The van der Waals surface area contributed by atoms with E-state index < -0.39 is 0 Å². The first kappa shape index (κ1) is 22.7. The molecule has 6 nitrogen and oxygen atoms in total. The smallest absolute Gasteiger partial charge is 0.193 e. The highest BCUT2D eigenvalue weighted by atomic mass is 127. The van der Waals surface area contributed by atoms with Crippen LogP contribution in [0.5, 0.6) is 0 Å². The van der Waals surface area contributed by atoms with Crippen LogP contribution in [0.15, 0.2) is 47.7 Å². The maximum atomic E-state index is 5.46. The van der Waals surface area contributed by atoms with E-state index in [2.05, 4.69) is 51.6 Å². The van der Waals surface area contributed by atoms with E-state index in [0.29, 0.717) is 0 Å². The van der Waals surface area contributed by atoms with Crippen molar-refractivity contribution < 1.29 is 4.74 Å². The highest BCUT2D eigenvalue weighted by molar-refractivity contribution is 14.0. The van der Waals surface area contributed by atoms with Crippen LogP contribution >= 0.6 is 24.0 Å². The third kappa shape index (κ3) is 6.77. The van der Waals surface area contributed by atoms with Gasteiger partial charge in [0.05, 0.1) is 6.54 Å². The molecule has 154 valence electrons. The van der Waals surface area contributed by atoms with Crippen LogP contribution in [0.25, 0.3) is 0 Å². The van der Waals surface area contributed by atoms with Crippen molar-refractivity contribution in [3.05, 3.63) is 53.9 Å². The van der Waals surface area contributed by atoms with E-state index in [-0.39, 0.29) is 24.0 Å². The number of halogens is 1. The number of aliphatic imine (C=N–C) groups is 1. The second-order valence-corrected chi connectivity index (χ2v) is 7.14. The number of ether oxygens (including phenoxy) is 1. The maximum Gasteiger partial charge on any atom is 0.193 e. The summed E-state index contributed by atoms with van der Waals surface area (Å²) in [4.78, 5) is 6.69. The fourth-order valence-electron chi connectivity index (χ4n) is 3.53. The van der Waals surface area contributed by atoms with E-state index in [9.17, 15) is 0 Å². The molecule has 2 aromatic rings. The van der Waals surface area contributed by atoms with Gasteiger partial charge < -0.3 is 15.0 Å². The lowest BCUT2D eigenvalue weighted by Crippen LogP contribution is -2.39. The van der Waals surface area contributed by atoms with E-state index in [1.165, 1.54) is 30.4 Å². The molecule has 2 heterocycles. The topological polar surface area (TPSA) is 54.7 Å². The molecule has 0 aliphatic carbocycles. The molecule has 1 saturated heterocycles. The standard InChI is InChI=1S/C21H31N5O.HI/c1-22-21(25(2)13-8-18-9-14-27-15-10-18)23-16-19-6-3-4-7-20(19)17-26-12-5-11-24-26;/h3-7,11-12,18H,8-10,13-17H2,1-2H3,(H,22,23);1H. The molecule has 1 N–H and O–H groups in total. The van der Waals surface area contributed by atoms with Gasteiger partial charge in [0, 0.05) is 52.8 Å². The second kappa shape index (κ2) is 12.1. The van der Waals surface area contributed by atoms with Gasteiger partial charge in [0.1, 0.15) is 0 Å². The molecule has 1 aromatic heterocycles. The summed E-state index contributed by atoms with van der Waals surface area (Å²) in [6.07, 6.45) is 7.36. The molecular weight excluding hydrogens is 465 g/mol. The summed E-state index contributed by atoms with van der Waals surface area (Å²) < 4.78 is 7.41. The zero-order valence-corrected chi connectivity index (χ0v) is 19.2. The Morgan fingerprint density at radius 3 is 2.68 bits per heavy atom. The molecule has 0 atom stereocenters. The summed E-state index contributed by atoms with van der Waals surface area (Å²) in [7, 11) is 3.97. The third-order valence-electron chi connectivity index (χ3n) is 5.23. The summed E-state index contributed by atoms with van der Waals surface area (Å²) >= 11 is 0.